The lowest BCUT2D eigenvalue weighted by Gasteiger charge is -1.96. The van der Waals surface area contributed by atoms with Crippen molar-refractivity contribution in [3.05, 3.63) is 36.4 Å². The summed E-state index contributed by atoms with van der Waals surface area (Å²) in [4.78, 5) is 4.00. The van der Waals surface area contributed by atoms with Crippen molar-refractivity contribution in [2.45, 2.75) is 12.8 Å². The Morgan fingerprint density at radius 1 is 1.40 bits per heavy atom. The second-order valence-electron chi connectivity index (χ2n) is 3.19. The SMILES string of the molecule is OCCCc1cn(-c2cccnc2)nn1. The van der Waals surface area contributed by atoms with E-state index in [4.69, 9.17) is 5.11 Å². The second kappa shape index (κ2) is 4.65. The molecule has 0 unspecified atom stereocenters. The van der Waals surface area contributed by atoms with Gasteiger partial charge in [-0.05, 0) is 25.0 Å². The second-order valence-corrected chi connectivity index (χ2v) is 3.19. The van der Waals surface area contributed by atoms with Crippen LogP contribution in [-0.4, -0.2) is 31.7 Å². The minimum absolute atomic E-state index is 0.180. The van der Waals surface area contributed by atoms with E-state index in [-0.39, 0.29) is 6.61 Å². The highest BCUT2D eigenvalue weighted by Gasteiger charge is 2.01. The van der Waals surface area contributed by atoms with Gasteiger partial charge in [0.05, 0.1) is 23.8 Å². The third kappa shape index (κ3) is 2.38. The van der Waals surface area contributed by atoms with Gasteiger partial charge in [0.1, 0.15) is 0 Å². The summed E-state index contributed by atoms with van der Waals surface area (Å²) in [6.45, 7) is 0.180. The Kier molecular flexibility index (Phi) is 3.04. The lowest BCUT2D eigenvalue weighted by molar-refractivity contribution is 0.288. The maximum absolute atomic E-state index is 8.69. The Morgan fingerprint density at radius 2 is 2.33 bits per heavy atom. The van der Waals surface area contributed by atoms with Gasteiger partial charge < -0.3 is 5.11 Å². The Labute approximate surface area is 87.4 Å². The van der Waals surface area contributed by atoms with Crippen LogP contribution in [0.5, 0.6) is 0 Å². The van der Waals surface area contributed by atoms with Crippen LogP contribution in [0.3, 0.4) is 0 Å². The normalized spacial score (nSPS) is 10.5. The number of aliphatic hydroxyl groups excluding tert-OH is 1. The van der Waals surface area contributed by atoms with E-state index in [1.165, 1.54) is 0 Å². The largest absolute Gasteiger partial charge is 0.396 e. The van der Waals surface area contributed by atoms with Gasteiger partial charge in [-0.2, -0.15) is 0 Å². The molecule has 0 aliphatic rings. The molecule has 15 heavy (non-hydrogen) atoms. The molecule has 2 heterocycles. The predicted molar refractivity (Wildman–Crippen MR) is 54.6 cm³/mol. The maximum atomic E-state index is 8.69. The van der Waals surface area contributed by atoms with E-state index in [2.05, 4.69) is 15.3 Å². The molecule has 78 valence electrons. The number of pyridine rings is 1. The first-order valence-corrected chi connectivity index (χ1v) is 4.82. The molecule has 0 fully saturated rings. The molecule has 2 rings (SSSR count). The molecule has 0 bridgehead atoms. The lowest BCUT2D eigenvalue weighted by atomic mass is 10.2. The number of aromatic nitrogens is 4. The van der Waals surface area contributed by atoms with Gasteiger partial charge in [0.25, 0.3) is 0 Å². The minimum Gasteiger partial charge on any atom is -0.396 e. The van der Waals surface area contributed by atoms with Gasteiger partial charge in [-0.1, -0.05) is 5.21 Å². The number of hydrogen-bond acceptors (Lipinski definition) is 4. The number of aliphatic hydroxyl groups is 1. The number of aryl methyl sites for hydroxylation is 1. The van der Waals surface area contributed by atoms with E-state index < -0.39 is 0 Å². The topological polar surface area (TPSA) is 63.8 Å². The summed E-state index contributed by atoms with van der Waals surface area (Å²) >= 11 is 0. The van der Waals surface area contributed by atoms with Gasteiger partial charge in [-0.25, -0.2) is 4.68 Å². The molecule has 0 amide bonds. The van der Waals surface area contributed by atoms with E-state index in [1.807, 2.05) is 18.3 Å². The van der Waals surface area contributed by atoms with Gasteiger partial charge in [0, 0.05) is 12.8 Å². The Morgan fingerprint density at radius 3 is 3.07 bits per heavy atom. The van der Waals surface area contributed by atoms with Gasteiger partial charge in [0.15, 0.2) is 0 Å². The highest BCUT2D eigenvalue weighted by atomic mass is 16.2. The zero-order chi connectivity index (χ0) is 10.5. The van der Waals surface area contributed by atoms with Gasteiger partial charge in [-0.3, -0.25) is 4.98 Å². The van der Waals surface area contributed by atoms with E-state index in [0.29, 0.717) is 6.42 Å². The summed E-state index contributed by atoms with van der Waals surface area (Å²) in [6, 6.07) is 3.77. The van der Waals surface area contributed by atoms with Crippen LogP contribution in [0, 0.1) is 0 Å². The zero-order valence-electron chi connectivity index (χ0n) is 8.24. The molecule has 0 aromatic carbocycles. The average molecular weight is 204 g/mol. The Bertz CT molecular complexity index is 412. The van der Waals surface area contributed by atoms with E-state index >= 15 is 0 Å². The summed E-state index contributed by atoms with van der Waals surface area (Å²) in [5, 5.41) is 16.7. The molecule has 1 N–H and O–H groups in total. The highest BCUT2D eigenvalue weighted by molar-refractivity contribution is 5.26. The van der Waals surface area contributed by atoms with Crippen molar-refractivity contribution in [2.75, 3.05) is 6.61 Å². The van der Waals surface area contributed by atoms with E-state index in [0.717, 1.165) is 17.8 Å². The van der Waals surface area contributed by atoms with E-state index in [9.17, 15) is 0 Å². The smallest absolute Gasteiger partial charge is 0.0846 e. The first-order valence-electron chi connectivity index (χ1n) is 4.82. The fraction of sp³-hybridized carbons (Fsp3) is 0.300. The summed E-state index contributed by atoms with van der Waals surface area (Å²) in [6.07, 6.45) is 6.76. The fourth-order valence-corrected chi connectivity index (χ4v) is 1.29. The van der Waals surface area contributed by atoms with Crippen LogP contribution < -0.4 is 0 Å². The molecule has 0 saturated heterocycles. The van der Waals surface area contributed by atoms with Crippen molar-refractivity contribution >= 4 is 0 Å². The molecule has 0 atom stereocenters. The van der Waals surface area contributed by atoms with Gasteiger partial charge in [-0.15, -0.1) is 5.10 Å². The first-order chi connectivity index (χ1) is 7.40. The van der Waals surface area contributed by atoms with Crippen LogP contribution in [-0.2, 0) is 6.42 Å². The quantitative estimate of drug-likeness (QED) is 0.791. The molecule has 0 saturated carbocycles. The Balaban J connectivity index is 2.14. The molecule has 2 aromatic rings. The molecular weight excluding hydrogens is 192 g/mol. The molecule has 0 aliphatic heterocycles. The average Bonchev–Trinajstić information content (AvgIpc) is 2.76. The van der Waals surface area contributed by atoms with Crippen LogP contribution in [0.2, 0.25) is 0 Å². The summed E-state index contributed by atoms with van der Waals surface area (Å²) in [7, 11) is 0. The molecule has 2 aromatic heterocycles. The predicted octanol–water partition coefficient (Wildman–Crippen LogP) is 0.587. The highest BCUT2D eigenvalue weighted by Crippen LogP contribution is 2.05. The number of nitrogens with zero attached hydrogens (tertiary/aromatic N) is 4. The molecule has 0 spiro atoms. The van der Waals surface area contributed by atoms with Crippen molar-refractivity contribution < 1.29 is 5.11 Å². The number of rotatable bonds is 4. The molecule has 5 nitrogen and oxygen atoms in total. The van der Waals surface area contributed by atoms with Gasteiger partial charge >= 0.3 is 0 Å². The summed E-state index contributed by atoms with van der Waals surface area (Å²) < 4.78 is 1.68. The summed E-state index contributed by atoms with van der Waals surface area (Å²) in [5.41, 5.74) is 1.77. The number of hydrogen-bond donors (Lipinski definition) is 1. The molecular formula is C10H12N4O. The fourth-order valence-electron chi connectivity index (χ4n) is 1.29. The van der Waals surface area contributed by atoms with Crippen LogP contribution >= 0.6 is 0 Å². The van der Waals surface area contributed by atoms with Crippen LogP contribution in [0.1, 0.15) is 12.1 Å². The van der Waals surface area contributed by atoms with Crippen LogP contribution in [0.15, 0.2) is 30.7 Å². The van der Waals surface area contributed by atoms with E-state index in [1.54, 1.807) is 17.1 Å². The third-order valence-electron chi connectivity index (χ3n) is 2.04. The van der Waals surface area contributed by atoms with Crippen LogP contribution in [0.4, 0.5) is 0 Å². The first kappa shape index (κ1) is 9.79. The van der Waals surface area contributed by atoms with Gasteiger partial charge in [0.2, 0.25) is 0 Å². The minimum atomic E-state index is 0.180. The Hall–Kier alpha value is -1.75. The molecule has 0 aliphatic carbocycles. The molecule has 0 radical (unpaired) electrons. The zero-order valence-corrected chi connectivity index (χ0v) is 8.24. The van der Waals surface area contributed by atoms with Crippen LogP contribution in [0.25, 0.3) is 5.69 Å². The van der Waals surface area contributed by atoms with Crippen molar-refractivity contribution in [3.8, 4) is 5.69 Å². The standard InChI is InChI=1S/C10H12N4O/c15-6-2-3-9-8-14(13-12-9)10-4-1-5-11-7-10/h1,4-5,7-8,15H,2-3,6H2. The monoisotopic (exact) mass is 204 g/mol. The summed E-state index contributed by atoms with van der Waals surface area (Å²) in [5.74, 6) is 0. The molecule has 5 heteroatoms. The van der Waals surface area contributed by atoms with Crippen molar-refractivity contribution in [3.63, 3.8) is 0 Å². The van der Waals surface area contributed by atoms with Crippen molar-refractivity contribution in [1.29, 1.82) is 0 Å². The van der Waals surface area contributed by atoms with Crippen molar-refractivity contribution in [1.82, 2.24) is 20.0 Å². The van der Waals surface area contributed by atoms with Crippen molar-refractivity contribution in [2.24, 2.45) is 0 Å². The lowest BCUT2D eigenvalue weighted by Crippen LogP contribution is -1.94. The third-order valence-corrected chi connectivity index (χ3v) is 2.04. The maximum Gasteiger partial charge on any atom is 0.0846 e.